The smallest absolute Gasteiger partial charge is 0.343 e. The highest BCUT2D eigenvalue weighted by atomic mass is 79.9. The van der Waals surface area contributed by atoms with Crippen LogP contribution in [0.1, 0.15) is 15.9 Å². The molecular formula is C21H15Br3O3. The Morgan fingerprint density at radius 1 is 0.815 bits per heavy atom. The maximum absolute atomic E-state index is 12.4. The largest absolute Gasteiger partial charge is 0.492 e. The lowest BCUT2D eigenvalue weighted by atomic mass is 10.2. The van der Waals surface area contributed by atoms with E-state index in [2.05, 4.69) is 59.9 Å². The summed E-state index contributed by atoms with van der Waals surface area (Å²) in [6.07, 6.45) is 0.814. The molecule has 3 rings (SSSR count). The number of hydrogen-bond acceptors (Lipinski definition) is 3. The van der Waals surface area contributed by atoms with Crippen LogP contribution in [0.2, 0.25) is 0 Å². The summed E-state index contributed by atoms with van der Waals surface area (Å²) < 4.78 is 13.6. The normalized spacial score (nSPS) is 10.5. The molecule has 6 heteroatoms. The van der Waals surface area contributed by atoms with E-state index in [0.29, 0.717) is 32.6 Å². The van der Waals surface area contributed by atoms with Crippen molar-refractivity contribution in [3.05, 3.63) is 91.3 Å². The summed E-state index contributed by atoms with van der Waals surface area (Å²) in [5.74, 6) is 0.712. The maximum Gasteiger partial charge on any atom is 0.343 e. The second kappa shape index (κ2) is 9.53. The number of carbonyl (C=O) groups is 1. The first-order valence-electron chi connectivity index (χ1n) is 8.16. The van der Waals surface area contributed by atoms with E-state index in [-0.39, 0.29) is 0 Å². The molecule has 0 spiro atoms. The number of carbonyl (C=O) groups excluding carboxylic acids is 1. The number of hydrogen-bond donors (Lipinski definition) is 0. The predicted octanol–water partition coefficient (Wildman–Crippen LogP) is 6.81. The molecule has 27 heavy (non-hydrogen) atoms. The van der Waals surface area contributed by atoms with E-state index in [4.69, 9.17) is 9.47 Å². The molecule has 3 nitrogen and oxygen atoms in total. The molecule has 0 saturated carbocycles. The van der Waals surface area contributed by atoms with E-state index >= 15 is 0 Å². The molecular weight excluding hydrogens is 540 g/mol. The van der Waals surface area contributed by atoms with Crippen molar-refractivity contribution in [2.45, 2.75) is 6.42 Å². The van der Waals surface area contributed by atoms with E-state index in [1.54, 1.807) is 24.3 Å². The topological polar surface area (TPSA) is 35.5 Å². The van der Waals surface area contributed by atoms with Gasteiger partial charge in [-0.05, 0) is 73.8 Å². The highest BCUT2D eigenvalue weighted by molar-refractivity contribution is 9.11. The van der Waals surface area contributed by atoms with Crippen LogP contribution in [0.25, 0.3) is 0 Å². The van der Waals surface area contributed by atoms with Crippen LogP contribution in [0.5, 0.6) is 11.5 Å². The zero-order valence-electron chi connectivity index (χ0n) is 14.1. The van der Waals surface area contributed by atoms with Crippen LogP contribution in [0.3, 0.4) is 0 Å². The number of esters is 1. The molecule has 3 aromatic carbocycles. The van der Waals surface area contributed by atoms with Crippen molar-refractivity contribution in [1.82, 2.24) is 0 Å². The van der Waals surface area contributed by atoms with Crippen molar-refractivity contribution in [3.8, 4) is 11.5 Å². The van der Waals surface area contributed by atoms with Crippen LogP contribution < -0.4 is 9.47 Å². The molecule has 0 saturated heterocycles. The van der Waals surface area contributed by atoms with Gasteiger partial charge in [-0.15, -0.1) is 0 Å². The minimum absolute atomic E-state index is 0.436. The third-order valence-electron chi connectivity index (χ3n) is 3.76. The first kappa shape index (κ1) is 20.1. The zero-order valence-corrected chi connectivity index (χ0v) is 18.9. The molecule has 0 unspecified atom stereocenters. The molecule has 0 atom stereocenters. The van der Waals surface area contributed by atoms with Gasteiger partial charge in [0.25, 0.3) is 0 Å². The van der Waals surface area contributed by atoms with Gasteiger partial charge in [0.1, 0.15) is 11.5 Å². The van der Waals surface area contributed by atoms with Gasteiger partial charge in [-0.1, -0.05) is 46.3 Å². The second-order valence-corrected chi connectivity index (χ2v) is 8.32. The first-order valence-corrected chi connectivity index (χ1v) is 10.5. The Morgan fingerprint density at radius 3 is 2.22 bits per heavy atom. The van der Waals surface area contributed by atoms with Gasteiger partial charge in [-0.25, -0.2) is 4.79 Å². The fraction of sp³-hybridized carbons (Fsp3) is 0.0952. The summed E-state index contributed by atoms with van der Waals surface area (Å²) >= 11 is 10.2. The molecule has 0 N–H and O–H groups in total. The molecule has 0 aliphatic heterocycles. The Balaban J connectivity index is 1.62. The highest BCUT2D eigenvalue weighted by Crippen LogP contribution is 2.30. The molecule has 3 aromatic rings. The third kappa shape index (κ3) is 5.67. The Hall–Kier alpha value is -1.63. The van der Waals surface area contributed by atoms with Crippen molar-refractivity contribution < 1.29 is 14.3 Å². The van der Waals surface area contributed by atoms with Gasteiger partial charge in [0.2, 0.25) is 0 Å². The van der Waals surface area contributed by atoms with Gasteiger partial charge in [-0.2, -0.15) is 0 Å². The lowest BCUT2D eigenvalue weighted by molar-refractivity contribution is 0.0733. The molecule has 0 fully saturated rings. The second-order valence-electron chi connectivity index (χ2n) is 5.69. The van der Waals surface area contributed by atoms with Crippen LogP contribution in [-0.4, -0.2) is 12.6 Å². The molecule has 0 amide bonds. The van der Waals surface area contributed by atoms with Gasteiger partial charge in [0, 0.05) is 10.9 Å². The molecule has 0 bridgehead atoms. The summed E-state index contributed by atoms with van der Waals surface area (Å²) in [5.41, 5.74) is 1.65. The summed E-state index contributed by atoms with van der Waals surface area (Å²) in [4.78, 5) is 12.4. The average Bonchev–Trinajstić information content (AvgIpc) is 2.66. The minimum atomic E-state index is -0.436. The summed E-state index contributed by atoms with van der Waals surface area (Å²) in [6, 6.07) is 20.7. The standard InChI is InChI=1S/C21H15Br3O3/c22-16-7-9-20(18(24)13-16)27-21(25)15-6-8-19(17(23)12-15)26-11-10-14-4-2-1-3-5-14/h1-9,12-13H,10-11H2. The van der Waals surface area contributed by atoms with Crippen LogP contribution >= 0.6 is 47.8 Å². The Labute approximate surface area is 183 Å². The Bertz CT molecular complexity index is 943. The summed E-state index contributed by atoms with van der Waals surface area (Å²) in [5, 5.41) is 0. The monoisotopic (exact) mass is 552 g/mol. The van der Waals surface area contributed by atoms with Crippen molar-refractivity contribution in [2.24, 2.45) is 0 Å². The number of ether oxygens (including phenoxy) is 2. The van der Waals surface area contributed by atoms with Gasteiger partial charge < -0.3 is 9.47 Å². The van der Waals surface area contributed by atoms with Crippen molar-refractivity contribution in [1.29, 1.82) is 0 Å². The fourth-order valence-corrected chi connectivity index (χ4v) is 4.01. The third-order valence-corrected chi connectivity index (χ3v) is 5.49. The van der Waals surface area contributed by atoms with Crippen LogP contribution in [0, 0.1) is 0 Å². The summed E-state index contributed by atoms with van der Waals surface area (Å²) in [7, 11) is 0. The number of halogens is 3. The lowest BCUT2D eigenvalue weighted by Crippen LogP contribution is -2.09. The predicted molar refractivity (Wildman–Crippen MR) is 117 cm³/mol. The number of benzene rings is 3. The van der Waals surface area contributed by atoms with Crippen LogP contribution in [0.15, 0.2) is 80.1 Å². The van der Waals surface area contributed by atoms with Gasteiger partial charge in [0.05, 0.1) is 21.1 Å². The van der Waals surface area contributed by atoms with Crippen LogP contribution in [0.4, 0.5) is 0 Å². The van der Waals surface area contributed by atoms with Crippen molar-refractivity contribution >= 4 is 53.8 Å². The number of rotatable bonds is 6. The Kier molecular flexibility index (Phi) is 7.10. The zero-order chi connectivity index (χ0) is 19.2. The van der Waals surface area contributed by atoms with E-state index < -0.39 is 5.97 Å². The molecule has 0 heterocycles. The molecule has 0 aliphatic carbocycles. The van der Waals surface area contributed by atoms with Gasteiger partial charge in [0.15, 0.2) is 0 Å². The highest BCUT2D eigenvalue weighted by Gasteiger charge is 2.13. The average molecular weight is 555 g/mol. The molecule has 0 aromatic heterocycles. The van der Waals surface area contributed by atoms with E-state index in [1.807, 2.05) is 30.3 Å². The quantitative estimate of drug-likeness (QED) is 0.248. The van der Waals surface area contributed by atoms with Crippen LogP contribution in [-0.2, 0) is 6.42 Å². The van der Waals surface area contributed by atoms with Crippen molar-refractivity contribution in [3.63, 3.8) is 0 Å². The Morgan fingerprint density at radius 2 is 1.52 bits per heavy atom. The first-order chi connectivity index (χ1) is 13.0. The SMILES string of the molecule is O=C(Oc1ccc(Br)cc1Br)c1ccc(OCCc2ccccc2)c(Br)c1. The van der Waals surface area contributed by atoms with Gasteiger partial charge in [-0.3, -0.25) is 0 Å². The van der Waals surface area contributed by atoms with E-state index in [0.717, 1.165) is 10.9 Å². The molecule has 138 valence electrons. The molecule has 0 radical (unpaired) electrons. The van der Waals surface area contributed by atoms with Gasteiger partial charge >= 0.3 is 5.97 Å². The summed E-state index contributed by atoms with van der Waals surface area (Å²) in [6.45, 7) is 0.554. The lowest BCUT2D eigenvalue weighted by Gasteiger charge is -2.10. The fourth-order valence-electron chi connectivity index (χ4n) is 2.39. The molecule has 0 aliphatic rings. The minimum Gasteiger partial charge on any atom is -0.492 e. The van der Waals surface area contributed by atoms with E-state index in [1.165, 1.54) is 5.56 Å². The maximum atomic E-state index is 12.4. The van der Waals surface area contributed by atoms with E-state index in [9.17, 15) is 4.79 Å². The van der Waals surface area contributed by atoms with Crippen molar-refractivity contribution in [2.75, 3.05) is 6.61 Å².